The lowest BCUT2D eigenvalue weighted by molar-refractivity contribution is -0.121. The fourth-order valence-electron chi connectivity index (χ4n) is 2.50. The summed E-state index contributed by atoms with van der Waals surface area (Å²) < 4.78 is 5.97. The summed E-state index contributed by atoms with van der Waals surface area (Å²) in [5.74, 6) is 0.822. The molecule has 114 valence electrons. The molecule has 2 N–H and O–H groups in total. The fourth-order valence-corrected chi connectivity index (χ4v) is 2.50. The van der Waals surface area contributed by atoms with Gasteiger partial charge in [-0.05, 0) is 44.7 Å². The van der Waals surface area contributed by atoms with Gasteiger partial charge in [-0.1, -0.05) is 12.1 Å². The Morgan fingerprint density at radius 2 is 2.24 bits per heavy atom. The van der Waals surface area contributed by atoms with Crippen molar-refractivity contribution < 1.29 is 9.53 Å². The Morgan fingerprint density at radius 3 is 2.95 bits per heavy atom. The minimum Gasteiger partial charge on any atom is -0.490 e. The average molecular weight is 288 g/mol. The first kappa shape index (κ1) is 15.4. The molecule has 4 nitrogen and oxygen atoms in total. The molecule has 1 atom stereocenters. The van der Waals surface area contributed by atoms with Gasteiger partial charge in [0.2, 0.25) is 5.91 Å². The van der Waals surface area contributed by atoms with Gasteiger partial charge < -0.3 is 15.4 Å². The Balaban J connectivity index is 1.90. The third-order valence-electron chi connectivity index (χ3n) is 3.64. The van der Waals surface area contributed by atoms with Gasteiger partial charge in [-0.15, -0.1) is 6.58 Å². The number of benzene rings is 1. The van der Waals surface area contributed by atoms with Crippen LogP contribution in [-0.2, 0) is 4.79 Å². The van der Waals surface area contributed by atoms with Crippen LogP contribution < -0.4 is 15.4 Å². The van der Waals surface area contributed by atoms with Crippen LogP contribution in [0.4, 0.5) is 5.69 Å². The number of nitrogens with one attached hydrogen (secondary N) is 2. The normalized spacial score (nSPS) is 16.2. The zero-order valence-electron chi connectivity index (χ0n) is 12.6. The third-order valence-corrected chi connectivity index (χ3v) is 3.64. The Bertz CT molecular complexity index is 481. The molecule has 1 aliphatic rings. The van der Waals surface area contributed by atoms with Crippen molar-refractivity contribution >= 4 is 11.6 Å². The molecule has 0 aromatic heterocycles. The van der Waals surface area contributed by atoms with E-state index in [1.54, 1.807) is 6.08 Å². The molecular weight excluding hydrogens is 264 g/mol. The van der Waals surface area contributed by atoms with Gasteiger partial charge in [-0.3, -0.25) is 4.79 Å². The van der Waals surface area contributed by atoms with Crippen molar-refractivity contribution in [3.8, 4) is 5.75 Å². The monoisotopic (exact) mass is 288 g/mol. The third kappa shape index (κ3) is 4.81. The lowest BCUT2D eigenvalue weighted by atomic mass is 10.2. The predicted molar refractivity (Wildman–Crippen MR) is 85.6 cm³/mol. The number of anilines is 1. The molecule has 1 saturated carbocycles. The molecule has 1 fully saturated rings. The van der Waals surface area contributed by atoms with Crippen LogP contribution in [0.5, 0.6) is 5.75 Å². The van der Waals surface area contributed by atoms with Crippen LogP contribution in [0.2, 0.25) is 0 Å². The Morgan fingerprint density at radius 1 is 1.48 bits per heavy atom. The number of carbonyl (C=O) groups excluding carboxylic acids is 1. The van der Waals surface area contributed by atoms with E-state index >= 15 is 0 Å². The van der Waals surface area contributed by atoms with E-state index in [9.17, 15) is 4.79 Å². The summed E-state index contributed by atoms with van der Waals surface area (Å²) >= 11 is 0. The lowest BCUT2D eigenvalue weighted by Crippen LogP contribution is -2.37. The van der Waals surface area contributed by atoms with E-state index in [2.05, 4.69) is 17.2 Å². The molecule has 21 heavy (non-hydrogen) atoms. The molecule has 0 radical (unpaired) electrons. The second kappa shape index (κ2) is 7.72. The first-order chi connectivity index (χ1) is 10.2. The molecule has 1 aliphatic carbocycles. The summed E-state index contributed by atoms with van der Waals surface area (Å²) in [7, 11) is 0. The van der Waals surface area contributed by atoms with Crippen molar-refractivity contribution in [2.75, 3.05) is 11.9 Å². The zero-order chi connectivity index (χ0) is 15.1. The Kier molecular flexibility index (Phi) is 5.67. The summed E-state index contributed by atoms with van der Waals surface area (Å²) in [5, 5.41) is 5.96. The molecule has 0 saturated heterocycles. The predicted octanol–water partition coefficient (Wildman–Crippen LogP) is 3.11. The van der Waals surface area contributed by atoms with Crippen LogP contribution >= 0.6 is 0 Å². The van der Waals surface area contributed by atoms with Crippen molar-refractivity contribution in [1.82, 2.24) is 5.32 Å². The van der Waals surface area contributed by atoms with Gasteiger partial charge in [-0.25, -0.2) is 0 Å². The van der Waals surface area contributed by atoms with Crippen molar-refractivity contribution in [2.45, 2.75) is 44.8 Å². The average Bonchev–Trinajstić information content (AvgIpc) is 2.98. The highest BCUT2D eigenvalue weighted by Crippen LogP contribution is 2.25. The smallest absolute Gasteiger partial charge is 0.242 e. The Labute approximate surface area is 126 Å². The minimum atomic E-state index is -0.299. The quantitative estimate of drug-likeness (QED) is 0.758. The maximum Gasteiger partial charge on any atom is 0.242 e. The summed E-state index contributed by atoms with van der Waals surface area (Å²) in [4.78, 5) is 11.8. The van der Waals surface area contributed by atoms with E-state index in [1.807, 2.05) is 31.2 Å². The topological polar surface area (TPSA) is 50.4 Å². The zero-order valence-corrected chi connectivity index (χ0v) is 12.6. The van der Waals surface area contributed by atoms with Crippen LogP contribution in [0.15, 0.2) is 36.9 Å². The van der Waals surface area contributed by atoms with Gasteiger partial charge in [0, 0.05) is 18.3 Å². The second-order valence-corrected chi connectivity index (χ2v) is 5.45. The van der Waals surface area contributed by atoms with Crippen LogP contribution in [-0.4, -0.2) is 24.6 Å². The van der Waals surface area contributed by atoms with Crippen molar-refractivity contribution in [3.05, 3.63) is 36.9 Å². The summed E-state index contributed by atoms with van der Waals surface area (Å²) in [6.45, 7) is 5.90. The highest BCUT2D eigenvalue weighted by molar-refractivity contribution is 5.84. The van der Waals surface area contributed by atoms with Crippen LogP contribution in [0.1, 0.15) is 32.6 Å². The van der Waals surface area contributed by atoms with Gasteiger partial charge in [0.1, 0.15) is 11.8 Å². The molecule has 0 bridgehead atoms. The summed E-state index contributed by atoms with van der Waals surface area (Å²) in [5.41, 5.74) is 0.895. The second-order valence-electron chi connectivity index (χ2n) is 5.45. The van der Waals surface area contributed by atoms with Crippen LogP contribution in [0.25, 0.3) is 0 Å². The summed E-state index contributed by atoms with van der Waals surface area (Å²) in [6.07, 6.45) is 6.79. The molecular formula is C17H24N2O2. The first-order valence-corrected chi connectivity index (χ1v) is 7.61. The number of rotatable bonds is 7. The van der Waals surface area contributed by atoms with Gasteiger partial charge in [-0.2, -0.15) is 0 Å². The largest absolute Gasteiger partial charge is 0.490 e. The van der Waals surface area contributed by atoms with Crippen LogP contribution in [0, 0.1) is 0 Å². The minimum absolute atomic E-state index is 0.0444. The lowest BCUT2D eigenvalue weighted by Gasteiger charge is -2.17. The molecule has 0 aliphatic heterocycles. The molecule has 0 spiro atoms. The van der Waals surface area contributed by atoms with E-state index in [0.717, 1.165) is 24.3 Å². The molecule has 1 unspecified atom stereocenters. The molecule has 4 heteroatoms. The molecule has 2 rings (SSSR count). The number of hydrogen-bond acceptors (Lipinski definition) is 3. The fraction of sp³-hybridized carbons (Fsp3) is 0.471. The molecule has 1 aromatic rings. The number of ether oxygens (including phenoxy) is 1. The van der Waals surface area contributed by atoms with E-state index < -0.39 is 0 Å². The molecule has 0 heterocycles. The van der Waals surface area contributed by atoms with E-state index in [4.69, 9.17) is 4.74 Å². The van der Waals surface area contributed by atoms with Crippen LogP contribution in [0.3, 0.4) is 0 Å². The SMILES string of the molecule is C=CCNC(=O)C(C)Nc1cccc(OC2CCCC2)c1. The van der Waals surface area contributed by atoms with Gasteiger partial charge >= 0.3 is 0 Å². The standard InChI is InChI=1S/C17H24N2O2/c1-3-11-18-17(20)13(2)19-14-7-6-10-16(12-14)21-15-8-4-5-9-15/h3,6-7,10,12-13,15,19H,1,4-5,8-9,11H2,2H3,(H,18,20). The Hall–Kier alpha value is -1.97. The van der Waals surface area contributed by atoms with Crippen molar-refractivity contribution in [2.24, 2.45) is 0 Å². The van der Waals surface area contributed by atoms with E-state index in [1.165, 1.54) is 12.8 Å². The molecule has 1 amide bonds. The van der Waals surface area contributed by atoms with Crippen molar-refractivity contribution in [3.63, 3.8) is 0 Å². The van der Waals surface area contributed by atoms with Gasteiger partial charge in [0.05, 0.1) is 6.10 Å². The highest BCUT2D eigenvalue weighted by atomic mass is 16.5. The van der Waals surface area contributed by atoms with E-state index in [-0.39, 0.29) is 11.9 Å². The number of carbonyl (C=O) groups is 1. The van der Waals surface area contributed by atoms with Crippen molar-refractivity contribution in [1.29, 1.82) is 0 Å². The number of hydrogen-bond donors (Lipinski definition) is 2. The number of amides is 1. The maximum atomic E-state index is 11.8. The highest BCUT2D eigenvalue weighted by Gasteiger charge is 2.17. The first-order valence-electron chi connectivity index (χ1n) is 7.61. The van der Waals surface area contributed by atoms with E-state index in [0.29, 0.717) is 12.6 Å². The molecule has 1 aromatic carbocycles. The maximum absolute atomic E-state index is 11.8. The van der Waals surface area contributed by atoms with Gasteiger partial charge in [0.25, 0.3) is 0 Å². The summed E-state index contributed by atoms with van der Waals surface area (Å²) in [6, 6.07) is 7.51. The van der Waals surface area contributed by atoms with Gasteiger partial charge in [0.15, 0.2) is 0 Å².